The van der Waals surface area contributed by atoms with Crippen LogP contribution in [0, 0.1) is 10.1 Å². The molecule has 0 saturated carbocycles. The van der Waals surface area contributed by atoms with E-state index in [1.54, 1.807) is 23.5 Å². The van der Waals surface area contributed by atoms with E-state index < -0.39 is 4.92 Å². The molecule has 0 spiro atoms. The van der Waals surface area contributed by atoms with Gasteiger partial charge in [0.15, 0.2) is 5.13 Å². The fourth-order valence-corrected chi connectivity index (χ4v) is 2.50. The Hall–Kier alpha value is -2.15. The Morgan fingerprint density at radius 3 is 2.84 bits per heavy atom. The molecule has 0 amide bonds. The highest BCUT2D eigenvalue weighted by Gasteiger charge is 2.11. The van der Waals surface area contributed by atoms with Crippen LogP contribution in [-0.2, 0) is 12.8 Å². The van der Waals surface area contributed by atoms with Crippen LogP contribution in [0.5, 0.6) is 0 Å². The zero-order valence-corrected chi connectivity index (χ0v) is 11.2. The fourth-order valence-electron chi connectivity index (χ4n) is 1.73. The summed E-state index contributed by atoms with van der Waals surface area (Å²) in [6, 6.07) is 4.86. The first-order chi connectivity index (χ1) is 9.10. The van der Waals surface area contributed by atoms with Crippen molar-refractivity contribution in [3.8, 4) is 0 Å². The zero-order valence-electron chi connectivity index (χ0n) is 10.4. The van der Waals surface area contributed by atoms with E-state index in [1.807, 2.05) is 13.2 Å². The number of nitrogens with zero attached hydrogens (tertiary/aromatic N) is 2. The summed E-state index contributed by atoms with van der Waals surface area (Å²) in [5.74, 6) is 0. The van der Waals surface area contributed by atoms with Gasteiger partial charge in [-0.15, -0.1) is 11.3 Å². The summed E-state index contributed by atoms with van der Waals surface area (Å²) in [5, 5.41) is 14.5. The maximum absolute atomic E-state index is 10.7. The number of aromatic nitrogens is 1. The fraction of sp³-hybridized carbons (Fsp3) is 0.250. The summed E-state index contributed by atoms with van der Waals surface area (Å²) in [5.41, 5.74) is 6.81. The molecule has 0 aliphatic carbocycles. The minimum Gasteiger partial charge on any atom is -0.393 e. The number of hydrogen-bond donors (Lipinski definition) is 2. The van der Waals surface area contributed by atoms with Crippen LogP contribution in [0.4, 0.5) is 16.5 Å². The number of nitrogens with one attached hydrogen (secondary N) is 1. The van der Waals surface area contributed by atoms with Gasteiger partial charge in [-0.05, 0) is 24.5 Å². The predicted octanol–water partition coefficient (Wildman–Crippen LogP) is 2.46. The molecule has 0 bridgehead atoms. The van der Waals surface area contributed by atoms with E-state index in [0.29, 0.717) is 0 Å². The molecule has 0 aliphatic rings. The lowest BCUT2D eigenvalue weighted by molar-refractivity contribution is -0.383. The minimum atomic E-state index is -0.471. The van der Waals surface area contributed by atoms with Crippen LogP contribution in [0.25, 0.3) is 0 Å². The number of nitro groups is 1. The average Bonchev–Trinajstić information content (AvgIpc) is 2.84. The van der Waals surface area contributed by atoms with Gasteiger partial charge in [-0.2, -0.15) is 0 Å². The number of hydrogen-bond acceptors (Lipinski definition) is 6. The number of nitrogen functional groups attached to an aromatic ring is 1. The summed E-state index contributed by atoms with van der Waals surface area (Å²) in [6.45, 7) is 0. The van der Waals surface area contributed by atoms with Crippen LogP contribution in [0.15, 0.2) is 24.4 Å². The Labute approximate surface area is 114 Å². The van der Waals surface area contributed by atoms with E-state index in [4.69, 9.17) is 5.73 Å². The molecule has 19 heavy (non-hydrogen) atoms. The van der Waals surface area contributed by atoms with E-state index in [0.717, 1.165) is 23.5 Å². The van der Waals surface area contributed by atoms with Crippen molar-refractivity contribution in [1.29, 1.82) is 0 Å². The second-order valence-corrected chi connectivity index (χ2v) is 5.15. The van der Waals surface area contributed by atoms with E-state index >= 15 is 0 Å². The molecule has 1 heterocycles. The summed E-state index contributed by atoms with van der Waals surface area (Å²) in [7, 11) is 1.83. The first-order valence-electron chi connectivity index (χ1n) is 5.75. The van der Waals surface area contributed by atoms with Crippen LogP contribution in [0.3, 0.4) is 0 Å². The first kappa shape index (κ1) is 13.3. The molecule has 0 fully saturated rings. The monoisotopic (exact) mass is 278 g/mol. The number of anilines is 2. The highest BCUT2D eigenvalue weighted by Crippen LogP contribution is 2.24. The van der Waals surface area contributed by atoms with Crippen molar-refractivity contribution in [2.75, 3.05) is 18.1 Å². The molecule has 2 aromatic rings. The SMILES string of the molecule is CNc1ncc(CCc2ccc([N+](=O)[O-])c(N)c2)s1. The van der Waals surface area contributed by atoms with Gasteiger partial charge in [0.05, 0.1) is 4.92 Å². The lowest BCUT2D eigenvalue weighted by Crippen LogP contribution is -1.97. The van der Waals surface area contributed by atoms with E-state index in [9.17, 15) is 10.1 Å². The zero-order chi connectivity index (χ0) is 13.8. The van der Waals surface area contributed by atoms with Crippen molar-refractivity contribution >= 4 is 27.8 Å². The van der Waals surface area contributed by atoms with Crippen molar-refractivity contribution in [3.63, 3.8) is 0 Å². The summed E-state index contributed by atoms with van der Waals surface area (Å²) < 4.78 is 0. The highest BCUT2D eigenvalue weighted by atomic mass is 32.1. The van der Waals surface area contributed by atoms with Crippen molar-refractivity contribution in [2.24, 2.45) is 0 Å². The van der Waals surface area contributed by atoms with Crippen LogP contribution in [-0.4, -0.2) is 17.0 Å². The predicted molar refractivity (Wildman–Crippen MR) is 76.6 cm³/mol. The third-order valence-corrected chi connectivity index (χ3v) is 3.79. The van der Waals surface area contributed by atoms with Gasteiger partial charge >= 0.3 is 0 Å². The van der Waals surface area contributed by atoms with Gasteiger partial charge < -0.3 is 11.1 Å². The standard InChI is InChI=1S/C12H14N4O2S/c1-14-12-15-7-9(19-12)4-2-8-3-5-11(16(17)18)10(13)6-8/h3,5-7H,2,4,13H2,1H3,(H,14,15). The van der Waals surface area contributed by atoms with Gasteiger partial charge in [-0.25, -0.2) is 4.98 Å². The second kappa shape index (κ2) is 5.66. The highest BCUT2D eigenvalue weighted by molar-refractivity contribution is 7.15. The van der Waals surface area contributed by atoms with Crippen molar-refractivity contribution in [1.82, 2.24) is 4.98 Å². The Balaban J connectivity index is 2.03. The summed E-state index contributed by atoms with van der Waals surface area (Å²) >= 11 is 1.60. The van der Waals surface area contributed by atoms with E-state index in [1.165, 1.54) is 10.9 Å². The topological polar surface area (TPSA) is 94.1 Å². The Morgan fingerprint density at radius 1 is 1.47 bits per heavy atom. The molecule has 6 nitrogen and oxygen atoms in total. The molecule has 1 aromatic carbocycles. The molecule has 0 radical (unpaired) electrons. The number of thiazole rings is 1. The molecule has 3 N–H and O–H groups in total. The molecule has 100 valence electrons. The normalized spacial score (nSPS) is 10.4. The lowest BCUT2D eigenvalue weighted by Gasteiger charge is -2.02. The quantitative estimate of drug-likeness (QED) is 0.497. The molecule has 7 heteroatoms. The molecule has 1 aromatic heterocycles. The van der Waals surface area contributed by atoms with Crippen molar-refractivity contribution in [2.45, 2.75) is 12.8 Å². The molecule has 0 unspecified atom stereocenters. The van der Waals surface area contributed by atoms with Gasteiger partial charge in [0.1, 0.15) is 5.69 Å². The molecular weight excluding hydrogens is 264 g/mol. The van der Waals surface area contributed by atoms with E-state index in [2.05, 4.69) is 10.3 Å². The maximum Gasteiger partial charge on any atom is 0.292 e. The lowest BCUT2D eigenvalue weighted by atomic mass is 10.1. The van der Waals surface area contributed by atoms with Crippen molar-refractivity contribution < 1.29 is 4.92 Å². The second-order valence-electron chi connectivity index (χ2n) is 4.03. The van der Waals surface area contributed by atoms with Gasteiger partial charge in [-0.3, -0.25) is 10.1 Å². The molecule has 0 atom stereocenters. The number of rotatable bonds is 5. The minimum absolute atomic E-state index is 0.0426. The van der Waals surface area contributed by atoms with Gasteiger partial charge in [-0.1, -0.05) is 6.07 Å². The third kappa shape index (κ3) is 3.19. The van der Waals surface area contributed by atoms with Crippen LogP contribution < -0.4 is 11.1 Å². The third-order valence-electron chi connectivity index (χ3n) is 2.72. The van der Waals surface area contributed by atoms with Crippen molar-refractivity contribution in [3.05, 3.63) is 45.0 Å². The molecule has 0 saturated heterocycles. The van der Waals surface area contributed by atoms with Crippen LogP contribution >= 0.6 is 11.3 Å². The van der Waals surface area contributed by atoms with Gasteiger partial charge in [0.2, 0.25) is 0 Å². The average molecular weight is 278 g/mol. The van der Waals surface area contributed by atoms with Gasteiger partial charge in [0, 0.05) is 24.2 Å². The maximum atomic E-state index is 10.7. The smallest absolute Gasteiger partial charge is 0.292 e. The Morgan fingerprint density at radius 2 is 2.26 bits per heavy atom. The first-order valence-corrected chi connectivity index (χ1v) is 6.57. The number of nitro benzene ring substituents is 1. The number of aryl methyl sites for hydroxylation is 2. The van der Waals surface area contributed by atoms with E-state index in [-0.39, 0.29) is 11.4 Å². The number of benzene rings is 1. The largest absolute Gasteiger partial charge is 0.393 e. The summed E-state index contributed by atoms with van der Waals surface area (Å²) in [4.78, 5) is 15.6. The number of nitrogens with two attached hydrogens (primary N) is 1. The van der Waals surface area contributed by atoms with Gasteiger partial charge in [0.25, 0.3) is 5.69 Å². The Kier molecular flexibility index (Phi) is 3.96. The molecule has 0 aliphatic heterocycles. The molecular formula is C12H14N4O2S. The van der Waals surface area contributed by atoms with Crippen LogP contribution in [0.1, 0.15) is 10.4 Å². The Bertz CT molecular complexity index is 597. The summed E-state index contributed by atoms with van der Waals surface area (Å²) in [6.07, 6.45) is 3.47. The van der Waals surface area contributed by atoms with Crippen LogP contribution in [0.2, 0.25) is 0 Å². The molecule has 2 rings (SSSR count).